The van der Waals surface area contributed by atoms with Gasteiger partial charge < -0.3 is 19.7 Å². The van der Waals surface area contributed by atoms with Crippen LogP contribution in [0.1, 0.15) is 13.3 Å². The number of methoxy groups -OCH3 is 1. The van der Waals surface area contributed by atoms with E-state index in [2.05, 4.69) is 11.3 Å². The molecular formula is C14H16O8. The van der Waals surface area contributed by atoms with Crippen LogP contribution < -0.4 is 0 Å². The number of carboxylic acid groups (broad SMARTS) is 1. The number of hydrogen-bond donors (Lipinski definition) is 2. The van der Waals surface area contributed by atoms with Crippen molar-refractivity contribution in [2.24, 2.45) is 17.3 Å². The van der Waals surface area contributed by atoms with Crippen LogP contribution in [0.3, 0.4) is 0 Å². The summed E-state index contributed by atoms with van der Waals surface area (Å²) in [6, 6.07) is 0. The van der Waals surface area contributed by atoms with Gasteiger partial charge in [0.15, 0.2) is 0 Å². The summed E-state index contributed by atoms with van der Waals surface area (Å²) in [5.74, 6) is -7.78. The monoisotopic (exact) mass is 312 g/mol. The fraction of sp³-hybridized carbons (Fsp3) is 0.571. The molecule has 1 aliphatic heterocycles. The summed E-state index contributed by atoms with van der Waals surface area (Å²) in [6.45, 7) is 4.66. The summed E-state index contributed by atoms with van der Waals surface area (Å²) in [5.41, 5.74) is -4.49. The van der Waals surface area contributed by atoms with Crippen LogP contribution in [0.5, 0.6) is 0 Å². The molecule has 2 N–H and O–H groups in total. The Morgan fingerprint density at radius 2 is 2.09 bits per heavy atom. The summed E-state index contributed by atoms with van der Waals surface area (Å²) in [5, 5.41) is 19.4. The molecule has 2 fully saturated rings. The lowest BCUT2D eigenvalue weighted by Gasteiger charge is -2.37. The average molecular weight is 312 g/mol. The maximum absolute atomic E-state index is 12.8. The van der Waals surface area contributed by atoms with Crippen LogP contribution in [-0.4, -0.2) is 52.7 Å². The number of esters is 2. The maximum atomic E-state index is 12.8. The molecule has 2 rings (SSSR count). The van der Waals surface area contributed by atoms with Crippen LogP contribution >= 0.6 is 0 Å². The number of ether oxygens (including phenoxy) is 2. The molecule has 0 aromatic rings. The zero-order valence-corrected chi connectivity index (χ0v) is 12.1. The molecule has 1 saturated carbocycles. The fourth-order valence-electron chi connectivity index (χ4n) is 3.67. The number of carboxylic acids is 1. The Labute approximate surface area is 125 Å². The summed E-state index contributed by atoms with van der Waals surface area (Å²) >= 11 is 0. The van der Waals surface area contributed by atoms with Crippen molar-refractivity contribution in [1.29, 1.82) is 0 Å². The van der Waals surface area contributed by atoms with Crippen molar-refractivity contribution in [3.05, 3.63) is 12.7 Å². The van der Waals surface area contributed by atoms with Crippen LogP contribution in [0.15, 0.2) is 12.7 Å². The SMILES string of the molecule is C=CCC12C(=O)OC(C(=O)OC)(C1=O)[C@@H]([C@@H](C)O)[C@H]2C(=O)O. The van der Waals surface area contributed by atoms with E-state index in [0.717, 1.165) is 7.11 Å². The normalized spacial score (nSPS) is 37.6. The van der Waals surface area contributed by atoms with Gasteiger partial charge in [-0.25, -0.2) is 4.79 Å². The summed E-state index contributed by atoms with van der Waals surface area (Å²) in [7, 11) is 0.985. The van der Waals surface area contributed by atoms with E-state index in [0.29, 0.717) is 0 Å². The molecule has 8 nitrogen and oxygen atoms in total. The molecule has 0 radical (unpaired) electrons. The number of allylic oxidation sites excluding steroid dienone is 1. The first kappa shape index (κ1) is 16.2. The lowest BCUT2D eigenvalue weighted by Crippen LogP contribution is -2.56. The van der Waals surface area contributed by atoms with Gasteiger partial charge in [-0.15, -0.1) is 6.58 Å². The number of aliphatic hydroxyl groups is 1. The van der Waals surface area contributed by atoms with Crippen molar-refractivity contribution in [2.75, 3.05) is 7.11 Å². The van der Waals surface area contributed by atoms with Crippen molar-refractivity contribution in [3.63, 3.8) is 0 Å². The van der Waals surface area contributed by atoms with Gasteiger partial charge in [0.1, 0.15) is 5.41 Å². The highest BCUT2D eigenvalue weighted by atomic mass is 16.6. The first-order chi connectivity index (χ1) is 10.2. The fourth-order valence-corrected chi connectivity index (χ4v) is 3.67. The molecule has 5 atom stereocenters. The van der Waals surface area contributed by atoms with Gasteiger partial charge in [0.25, 0.3) is 5.60 Å². The molecule has 2 bridgehead atoms. The Balaban J connectivity index is 2.78. The van der Waals surface area contributed by atoms with Crippen LogP contribution in [0.25, 0.3) is 0 Å². The Kier molecular flexibility index (Phi) is 3.60. The molecule has 1 heterocycles. The third kappa shape index (κ3) is 1.55. The second-order valence-electron chi connectivity index (χ2n) is 5.49. The van der Waals surface area contributed by atoms with E-state index in [1.807, 2.05) is 0 Å². The molecule has 2 unspecified atom stereocenters. The number of carbonyl (C=O) groups is 4. The van der Waals surface area contributed by atoms with Gasteiger partial charge >= 0.3 is 17.9 Å². The van der Waals surface area contributed by atoms with E-state index in [-0.39, 0.29) is 6.42 Å². The van der Waals surface area contributed by atoms with Crippen LogP contribution in [-0.2, 0) is 28.7 Å². The largest absolute Gasteiger partial charge is 0.481 e. The second-order valence-corrected chi connectivity index (χ2v) is 5.49. The molecule has 0 aromatic carbocycles. The number of fused-ring (bicyclic) bond motifs is 2. The smallest absolute Gasteiger partial charge is 0.358 e. The van der Waals surface area contributed by atoms with Crippen molar-refractivity contribution in [1.82, 2.24) is 0 Å². The third-order valence-corrected chi connectivity index (χ3v) is 4.46. The van der Waals surface area contributed by atoms with E-state index in [1.54, 1.807) is 0 Å². The molecule has 0 spiro atoms. The summed E-state index contributed by atoms with van der Waals surface area (Å²) in [6.07, 6.45) is -0.472. The highest BCUT2D eigenvalue weighted by Gasteiger charge is 2.84. The van der Waals surface area contributed by atoms with Crippen molar-refractivity contribution in [3.8, 4) is 0 Å². The van der Waals surface area contributed by atoms with Gasteiger partial charge in [-0.2, -0.15) is 0 Å². The van der Waals surface area contributed by atoms with E-state index >= 15 is 0 Å². The maximum Gasteiger partial charge on any atom is 0.358 e. The average Bonchev–Trinajstić information content (AvgIpc) is 2.79. The van der Waals surface area contributed by atoms with Gasteiger partial charge in [0, 0.05) is 0 Å². The van der Waals surface area contributed by atoms with E-state index in [1.165, 1.54) is 13.0 Å². The summed E-state index contributed by atoms with van der Waals surface area (Å²) < 4.78 is 9.53. The molecule has 8 heteroatoms. The number of ketones is 1. The quantitative estimate of drug-likeness (QED) is 0.387. The highest BCUT2D eigenvalue weighted by Crippen LogP contribution is 2.61. The van der Waals surface area contributed by atoms with Crippen LogP contribution in [0.2, 0.25) is 0 Å². The van der Waals surface area contributed by atoms with Crippen LogP contribution in [0.4, 0.5) is 0 Å². The van der Waals surface area contributed by atoms with E-state index < -0.39 is 52.6 Å². The van der Waals surface area contributed by atoms with Gasteiger partial charge in [-0.3, -0.25) is 14.4 Å². The standard InChI is InChI=1S/C14H16O8/c1-4-5-13-8(9(16)17)7(6(2)15)14(10(13)18,12(20)21-3)22-11(13)19/h4,6-8,15H,1,5H2,2-3H3,(H,16,17)/t6-,7+,8+,13?,14?/m1/s1. The Bertz CT molecular complexity index is 579. The topological polar surface area (TPSA) is 127 Å². The molecule has 22 heavy (non-hydrogen) atoms. The lowest BCUT2D eigenvalue weighted by molar-refractivity contribution is -0.199. The second kappa shape index (κ2) is 4.91. The minimum absolute atomic E-state index is 0.302. The van der Waals surface area contributed by atoms with Gasteiger partial charge in [-0.1, -0.05) is 6.08 Å². The van der Waals surface area contributed by atoms with Gasteiger partial charge in [0.05, 0.1) is 25.0 Å². The van der Waals surface area contributed by atoms with Gasteiger partial charge in [0.2, 0.25) is 5.78 Å². The Morgan fingerprint density at radius 3 is 2.50 bits per heavy atom. The number of Topliss-reactive ketones (excluding diaryl/α,β-unsaturated/α-hetero) is 1. The third-order valence-electron chi connectivity index (χ3n) is 4.46. The van der Waals surface area contributed by atoms with Crippen molar-refractivity contribution >= 4 is 23.7 Å². The molecule has 2 aliphatic rings. The molecule has 120 valence electrons. The number of aliphatic carboxylic acids is 1. The predicted molar refractivity (Wildman–Crippen MR) is 69.4 cm³/mol. The Hall–Kier alpha value is -2.22. The molecule has 0 amide bonds. The minimum Gasteiger partial charge on any atom is -0.481 e. The number of carbonyl (C=O) groups excluding carboxylic acids is 3. The zero-order chi connectivity index (χ0) is 16.9. The lowest BCUT2D eigenvalue weighted by atomic mass is 9.70. The number of hydrogen-bond acceptors (Lipinski definition) is 7. The van der Waals surface area contributed by atoms with Crippen molar-refractivity contribution in [2.45, 2.75) is 25.0 Å². The van der Waals surface area contributed by atoms with Crippen molar-refractivity contribution < 1.29 is 38.9 Å². The minimum atomic E-state index is -2.42. The first-order valence-corrected chi connectivity index (χ1v) is 6.60. The molecule has 0 aromatic heterocycles. The molecule has 1 saturated heterocycles. The molecular weight excluding hydrogens is 296 g/mol. The zero-order valence-electron chi connectivity index (χ0n) is 12.1. The number of aliphatic hydroxyl groups excluding tert-OH is 1. The van der Waals surface area contributed by atoms with Gasteiger partial charge in [-0.05, 0) is 13.3 Å². The van der Waals surface area contributed by atoms with Crippen LogP contribution in [0, 0.1) is 17.3 Å². The van der Waals surface area contributed by atoms with E-state index in [9.17, 15) is 29.4 Å². The highest BCUT2D eigenvalue weighted by molar-refractivity contribution is 6.26. The number of rotatable bonds is 5. The predicted octanol–water partition coefficient (Wildman–Crippen LogP) is -0.702. The Morgan fingerprint density at radius 1 is 1.50 bits per heavy atom. The first-order valence-electron chi connectivity index (χ1n) is 6.60. The molecule has 1 aliphatic carbocycles. The summed E-state index contributed by atoms with van der Waals surface area (Å²) in [4.78, 5) is 48.8. The van der Waals surface area contributed by atoms with E-state index in [4.69, 9.17) is 4.74 Å².